The van der Waals surface area contributed by atoms with Crippen molar-refractivity contribution in [3.05, 3.63) is 97.8 Å². The van der Waals surface area contributed by atoms with Gasteiger partial charge in [0.1, 0.15) is 23.4 Å². The van der Waals surface area contributed by atoms with Gasteiger partial charge >= 0.3 is 0 Å². The molecule has 1 heterocycles. The van der Waals surface area contributed by atoms with E-state index in [2.05, 4.69) is 26.1 Å². The van der Waals surface area contributed by atoms with Crippen LogP contribution in [0.5, 0.6) is 17.2 Å². The van der Waals surface area contributed by atoms with Crippen LogP contribution in [0.1, 0.15) is 41.6 Å². The molecule has 0 fully saturated rings. The van der Waals surface area contributed by atoms with E-state index in [1.54, 1.807) is 0 Å². The van der Waals surface area contributed by atoms with Gasteiger partial charge in [-0.15, -0.1) is 10.2 Å². The lowest BCUT2D eigenvalue weighted by Crippen LogP contribution is -2.12. The fourth-order valence-electron chi connectivity index (χ4n) is 4.06. The molecule has 0 saturated carbocycles. The Morgan fingerprint density at radius 1 is 0.975 bits per heavy atom. The van der Waals surface area contributed by atoms with Crippen LogP contribution in [0.3, 0.4) is 0 Å². The second-order valence-corrected chi connectivity index (χ2v) is 11.0. The Labute approximate surface area is 246 Å². The van der Waals surface area contributed by atoms with E-state index in [4.69, 9.17) is 14.2 Å². The maximum absolute atomic E-state index is 11.7. The van der Waals surface area contributed by atoms with E-state index in [9.17, 15) is 10.1 Å². The average molecular weight is 628 g/mol. The molecule has 11 heteroatoms. The number of aryl methyl sites for hydroxylation is 2. The predicted octanol–water partition coefficient (Wildman–Crippen LogP) is 7.13. The Hall–Kier alpha value is -3.57. The van der Waals surface area contributed by atoms with E-state index < -0.39 is 5.25 Å². The molecule has 0 amide bonds. The normalized spacial score (nSPS) is 11.7. The fourth-order valence-corrected chi connectivity index (χ4v) is 5.79. The second kappa shape index (κ2) is 13.7. The largest absolute Gasteiger partial charge is 0.494 e. The lowest BCUT2D eigenvalue weighted by molar-refractivity contribution is -0.479. The number of aromatic nitrogens is 3. The van der Waals surface area contributed by atoms with Crippen LogP contribution >= 0.6 is 27.7 Å². The predicted molar refractivity (Wildman–Crippen MR) is 159 cm³/mol. The summed E-state index contributed by atoms with van der Waals surface area (Å²) in [4.78, 5) is 11.4. The molecule has 0 aliphatic rings. The molecule has 1 aromatic heterocycles. The molecule has 0 aliphatic heterocycles. The maximum Gasteiger partial charge on any atom is 0.220 e. The van der Waals surface area contributed by atoms with Crippen molar-refractivity contribution in [2.75, 3.05) is 19.8 Å². The highest BCUT2D eigenvalue weighted by atomic mass is 79.9. The van der Waals surface area contributed by atoms with E-state index in [1.807, 2.05) is 92.9 Å². The SMILES string of the molecule is CCOc1ccc(-n2c(C)nnc2S[C@@H](C[N+](=O)[O-])c2cc(Br)c(OCc3ccc(C)cc3)c(OCC)c2)cc1. The molecule has 4 aromatic rings. The van der Waals surface area contributed by atoms with E-state index >= 15 is 0 Å². The van der Waals surface area contributed by atoms with Crippen molar-refractivity contribution < 1.29 is 19.1 Å². The van der Waals surface area contributed by atoms with Crippen molar-refractivity contribution in [2.45, 2.75) is 44.7 Å². The van der Waals surface area contributed by atoms with Gasteiger partial charge in [0.25, 0.3) is 0 Å². The van der Waals surface area contributed by atoms with Crippen LogP contribution in [0, 0.1) is 24.0 Å². The number of rotatable bonds is 13. The van der Waals surface area contributed by atoms with Crippen molar-refractivity contribution in [2.24, 2.45) is 0 Å². The van der Waals surface area contributed by atoms with Gasteiger partial charge in [0.05, 0.1) is 17.7 Å². The number of halogens is 1. The Kier molecular flexibility index (Phi) is 10.1. The van der Waals surface area contributed by atoms with Gasteiger partial charge in [0.15, 0.2) is 16.7 Å². The molecule has 40 heavy (non-hydrogen) atoms. The molecule has 0 saturated heterocycles. The zero-order valence-electron chi connectivity index (χ0n) is 22.8. The summed E-state index contributed by atoms with van der Waals surface area (Å²) in [6.07, 6.45) is 0. The van der Waals surface area contributed by atoms with Crippen molar-refractivity contribution in [1.29, 1.82) is 0 Å². The third-order valence-corrected chi connectivity index (χ3v) is 7.74. The summed E-state index contributed by atoms with van der Waals surface area (Å²) in [7, 11) is 0. The number of hydrogen-bond donors (Lipinski definition) is 0. The molecule has 1 atom stereocenters. The number of hydrogen-bond acceptors (Lipinski definition) is 8. The Bertz CT molecular complexity index is 1440. The number of nitro groups is 1. The Morgan fingerprint density at radius 3 is 2.33 bits per heavy atom. The lowest BCUT2D eigenvalue weighted by atomic mass is 10.1. The van der Waals surface area contributed by atoms with Gasteiger partial charge in [-0.2, -0.15) is 0 Å². The van der Waals surface area contributed by atoms with Crippen molar-refractivity contribution in [3.63, 3.8) is 0 Å². The minimum absolute atomic E-state index is 0.318. The highest BCUT2D eigenvalue weighted by molar-refractivity contribution is 9.10. The minimum Gasteiger partial charge on any atom is -0.494 e. The topological polar surface area (TPSA) is 102 Å². The molecule has 9 nitrogen and oxygen atoms in total. The van der Waals surface area contributed by atoms with Crippen LogP contribution in [-0.4, -0.2) is 39.4 Å². The average Bonchev–Trinajstić information content (AvgIpc) is 3.29. The molecule has 0 radical (unpaired) electrons. The third kappa shape index (κ3) is 7.33. The van der Waals surface area contributed by atoms with Crippen molar-refractivity contribution in [3.8, 4) is 22.9 Å². The smallest absolute Gasteiger partial charge is 0.220 e. The van der Waals surface area contributed by atoms with Crippen LogP contribution in [0.2, 0.25) is 0 Å². The third-order valence-electron chi connectivity index (χ3n) is 5.97. The second-order valence-electron chi connectivity index (χ2n) is 8.95. The highest BCUT2D eigenvalue weighted by Gasteiger charge is 2.26. The van der Waals surface area contributed by atoms with Gasteiger partial charge in [-0.3, -0.25) is 14.7 Å². The quantitative estimate of drug-likeness (QED) is 0.0877. The highest BCUT2D eigenvalue weighted by Crippen LogP contribution is 2.43. The molecule has 210 valence electrons. The van der Waals surface area contributed by atoms with Crippen LogP contribution in [0.15, 0.2) is 70.3 Å². The Morgan fingerprint density at radius 2 is 1.68 bits per heavy atom. The fraction of sp³-hybridized carbons (Fsp3) is 0.310. The summed E-state index contributed by atoms with van der Waals surface area (Å²) in [6, 6.07) is 19.3. The molecule has 0 unspecified atom stereocenters. The van der Waals surface area contributed by atoms with Gasteiger partial charge in [0.2, 0.25) is 6.54 Å². The molecule has 3 aromatic carbocycles. The molecule has 0 aliphatic carbocycles. The molecular formula is C29H31BrN4O5S. The van der Waals surface area contributed by atoms with Gasteiger partial charge < -0.3 is 14.2 Å². The van der Waals surface area contributed by atoms with Crippen LogP contribution in [0.4, 0.5) is 0 Å². The Balaban J connectivity index is 1.64. The minimum atomic E-state index is -0.568. The van der Waals surface area contributed by atoms with E-state index in [-0.39, 0.29) is 11.5 Å². The van der Waals surface area contributed by atoms with Crippen LogP contribution in [0.25, 0.3) is 5.69 Å². The van der Waals surface area contributed by atoms with Crippen LogP contribution in [-0.2, 0) is 6.61 Å². The first kappa shape index (κ1) is 29.4. The first-order valence-corrected chi connectivity index (χ1v) is 14.5. The van der Waals surface area contributed by atoms with Gasteiger partial charge in [-0.05, 0) is 91.1 Å². The van der Waals surface area contributed by atoms with E-state index in [1.165, 1.54) is 17.3 Å². The zero-order valence-corrected chi connectivity index (χ0v) is 25.2. The van der Waals surface area contributed by atoms with Crippen molar-refractivity contribution in [1.82, 2.24) is 14.8 Å². The van der Waals surface area contributed by atoms with Gasteiger partial charge in [0, 0.05) is 10.6 Å². The van der Waals surface area contributed by atoms with Crippen molar-refractivity contribution >= 4 is 27.7 Å². The van der Waals surface area contributed by atoms with Gasteiger partial charge in [-0.1, -0.05) is 41.6 Å². The molecule has 0 spiro atoms. The lowest BCUT2D eigenvalue weighted by Gasteiger charge is -2.19. The van der Waals surface area contributed by atoms with E-state index in [0.29, 0.717) is 52.3 Å². The summed E-state index contributed by atoms with van der Waals surface area (Å²) in [6.45, 7) is 8.72. The molecule has 0 N–H and O–H groups in total. The standard InChI is InChI=1S/C29H31BrN4O5S/c1-5-37-24-13-11-23(12-14-24)34-20(4)31-32-29(34)40-27(17-33(35)36)22-15-25(30)28(26(16-22)38-6-2)39-18-21-9-7-19(3)8-10-21/h7-16,27H,5-6,17-18H2,1-4H3/t27-/m0/s1. The summed E-state index contributed by atoms with van der Waals surface area (Å²) in [5, 5.41) is 20.3. The zero-order chi connectivity index (χ0) is 28.6. The number of nitrogens with zero attached hydrogens (tertiary/aromatic N) is 4. The van der Waals surface area contributed by atoms with Gasteiger partial charge in [-0.25, -0.2) is 0 Å². The number of benzene rings is 3. The summed E-state index contributed by atoms with van der Waals surface area (Å²) >= 11 is 4.90. The van der Waals surface area contributed by atoms with Crippen LogP contribution < -0.4 is 14.2 Å². The number of thioether (sulfide) groups is 1. The summed E-state index contributed by atoms with van der Waals surface area (Å²) in [5.41, 5.74) is 3.74. The summed E-state index contributed by atoms with van der Waals surface area (Å²) < 4.78 is 20.1. The maximum atomic E-state index is 11.7. The molecule has 4 rings (SSSR count). The monoisotopic (exact) mass is 626 g/mol. The molecule has 0 bridgehead atoms. The molecular weight excluding hydrogens is 596 g/mol. The number of ether oxygens (including phenoxy) is 3. The summed E-state index contributed by atoms with van der Waals surface area (Å²) in [5.74, 6) is 2.49. The first-order valence-electron chi connectivity index (χ1n) is 12.9. The van der Waals surface area contributed by atoms with E-state index in [0.717, 1.165) is 17.0 Å². The first-order chi connectivity index (χ1) is 19.3.